The van der Waals surface area contributed by atoms with E-state index >= 15 is 0 Å². The van der Waals surface area contributed by atoms with Crippen LogP contribution in [0.5, 0.6) is 0 Å². The molecule has 17 heavy (non-hydrogen) atoms. The van der Waals surface area contributed by atoms with Crippen LogP contribution in [0.25, 0.3) is 0 Å². The Morgan fingerprint density at radius 2 is 2.12 bits per heavy atom. The van der Waals surface area contributed by atoms with Gasteiger partial charge in [0.1, 0.15) is 5.82 Å². The minimum absolute atomic E-state index is 0.284. The van der Waals surface area contributed by atoms with E-state index in [9.17, 15) is 9.50 Å². The summed E-state index contributed by atoms with van der Waals surface area (Å²) in [5.74, 6) is -0.284. The molecule has 1 aromatic heterocycles. The Morgan fingerprint density at radius 1 is 1.35 bits per heavy atom. The molecule has 90 valence electrons. The predicted octanol–water partition coefficient (Wildman–Crippen LogP) is 3.18. The van der Waals surface area contributed by atoms with E-state index in [0.29, 0.717) is 12.0 Å². The fourth-order valence-corrected chi connectivity index (χ4v) is 1.87. The van der Waals surface area contributed by atoms with E-state index in [1.807, 2.05) is 6.92 Å². The summed E-state index contributed by atoms with van der Waals surface area (Å²) in [6, 6.07) is 6.32. The van der Waals surface area contributed by atoms with Gasteiger partial charge in [-0.05, 0) is 43.2 Å². The van der Waals surface area contributed by atoms with Crippen molar-refractivity contribution in [2.24, 2.45) is 0 Å². The van der Waals surface area contributed by atoms with E-state index in [0.717, 1.165) is 11.1 Å². The Bertz CT molecular complexity index is 501. The number of hydrogen-bond donors (Lipinski definition) is 1. The smallest absolute Gasteiger partial charge is 0.123 e. The lowest BCUT2D eigenvalue weighted by atomic mass is 9.89. The highest BCUT2D eigenvalue weighted by molar-refractivity contribution is 5.30. The predicted molar refractivity (Wildman–Crippen MR) is 63.1 cm³/mol. The van der Waals surface area contributed by atoms with Crippen molar-refractivity contribution in [3.05, 3.63) is 59.3 Å². The molecule has 1 aromatic carbocycles. The van der Waals surface area contributed by atoms with Crippen LogP contribution < -0.4 is 0 Å². The third kappa shape index (κ3) is 2.56. The second kappa shape index (κ2) is 4.34. The molecule has 0 radical (unpaired) electrons. The highest BCUT2D eigenvalue weighted by Gasteiger charge is 2.25. The molecule has 1 heterocycles. The molecular weight excluding hydrogens is 219 g/mol. The monoisotopic (exact) mass is 234 g/mol. The summed E-state index contributed by atoms with van der Waals surface area (Å²) >= 11 is 0. The first kappa shape index (κ1) is 11.9. The fourth-order valence-electron chi connectivity index (χ4n) is 1.87. The van der Waals surface area contributed by atoms with Crippen LogP contribution in [-0.4, -0.2) is 5.11 Å². The quantitative estimate of drug-likeness (QED) is 0.884. The zero-order valence-electron chi connectivity index (χ0n) is 9.90. The van der Waals surface area contributed by atoms with Crippen molar-refractivity contribution in [3.63, 3.8) is 0 Å². The van der Waals surface area contributed by atoms with Gasteiger partial charge in [0.15, 0.2) is 0 Å². The van der Waals surface area contributed by atoms with E-state index in [2.05, 4.69) is 0 Å². The molecule has 2 nitrogen and oxygen atoms in total. The Labute approximate surface area is 99.7 Å². The number of halogens is 1. The summed E-state index contributed by atoms with van der Waals surface area (Å²) < 4.78 is 18.1. The van der Waals surface area contributed by atoms with Gasteiger partial charge in [0, 0.05) is 12.0 Å². The molecule has 3 heteroatoms. The third-order valence-electron chi connectivity index (χ3n) is 2.99. The average molecular weight is 234 g/mol. The number of aryl methyl sites for hydroxylation is 1. The van der Waals surface area contributed by atoms with Crippen LogP contribution in [-0.2, 0) is 12.0 Å². The average Bonchev–Trinajstić information content (AvgIpc) is 2.77. The van der Waals surface area contributed by atoms with Crippen molar-refractivity contribution in [2.45, 2.75) is 25.9 Å². The topological polar surface area (TPSA) is 33.4 Å². The first-order chi connectivity index (χ1) is 7.99. The summed E-state index contributed by atoms with van der Waals surface area (Å²) in [5.41, 5.74) is 1.42. The van der Waals surface area contributed by atoms with Crippen molar-refractivity contribution >= 4 is 0 Å². The summed E-state index contributed by atoms with van der Waals surface area (Å²) in [4.78, 5) is 0. The minimum atomic E-state index is -1.05. The largest absolute Gasteiger partial charge is 0.472 e. The van der Waals surface area contributed by atoms with Crippen LogP contribution in [0.4, 0.5) is 4.39 Å². The Balaban J connectivity index is 2.29. The maximum atomic E-state index is 13.2. The molecule has 0 saturated heterocycles. The third-order valence-corrected chi connectivity index (χ3v) is 2.99. The van der Waals surface area contributed by atoms with Gasteiger partial charge < -0.3 is 9.52 Å². The standard InChI is InChI=1S/C14H15FO2/c1-10-3-4-13(15)7-11(10)8-14(2,16)12-5-6-17-9-12/h3-7,9,16H,8H2,1-2H3. The second-order valence-corrected chi connectivity index (χ2v) is 4.53. The summed E-state index contributed by atoms with van der Waals surface area (Å²) in [6.45, 7) is 3.60. The minimum Gasteiger partial charge on any atom is -0.472 e. The zero-order chi connectivity index (χ0) is 12.5. The van der Waals surface area contributed by atoms with Gasteiger partial charge in [0.25, 0.3) is 0 Å². The Kier molecular flexibility index (Phi) is 3.03. The molecule has 0 spiro atoms. The molecule has 0 aliphatic heterocycles. The van der Waals surface area contributed by atoms with Gasteiger partial charge in [-0.1, -0.05) is 6.07 Å². The lowest BCUT2D eigenvalue weighted by molar-refractivity contribution is 0.0568. The molecule has 1 atom stereocenters. The first-order valence-electron chi connectivity index (χ1n) is 5.49. The van der Waals surface area contributed by atoms with E-state index in [-0.39, 0.29) is 5.82 Å². The lowest BCUT2D eigenvalue weighted by Gasteiger charge is -2.22. The van der Waals surface area contributed by atoms with E-state index in [1.165, 1.54) is 24.7 Å². The number of aliphatic hydroxyl groups is 1. The van der Waals surface area contributed by atoms with Crippen LogP contribution in [0, 0.1) is 12.7 Å². The summed E-state index contributed by atoms with van der Waals surface area (Å²) in [5, 5.41) is 10.4. The number of rotatable bonds is 3. The fraction of sp³-hybridized carbons (Fsp3) is 0.286. The van der Waals surface area contributed by atoms with Gasteiger partial charge in [-0.25, -0.2) is 4.39 Å². The van der Waals surface area contributed by atoms with Crippen molar-refractivity contribution in [1.82, 2.24) is 0 Å². The molecule has 0 aliphatic carbocycles. The highest BCUT2D eigenvalue weighted by atomic mass is 19.1. The van der Waals surface area contributed by atoms with Crippen LogP contribution in [0.3, 0.4) is 0 Å². The first-order valence-corrected chi connectivity index (χ1v) is 5.49. The van der Waals surface area contributed by atoms with Crippen molar-refractivity contribution in [3.8, 4) is 0 Å². The van der Waals surface area contributed by atoms with E-state index in [4.69, 9.17) is 4.42 Å². The van der Waals surface area contributed by atoms with E-state index < -0.39 is 5.60 Å². The number of benzene rings is 1. The molecule has 2 rings (SSSR count). The van der Waals surface area contributed by atoms with Gasteiger partial charge in [-0.15, -0.1) is 0 Å². The number of furan rings is 1. The number of hydrogen-bond acceptors (Lipinski definition) is 2. The van der Waals surface area contributed by atoms with Gasteiger partial charge in [-0.3, -0.25) is 0 Å². The molecule has 1 N–H and O–H groups in total. The molecule has 0 amide bonds. The van der Waals surface area contributed by atoms with Crippen molar-refractivity contribution in [1.29, 1.82) is 0 Å². The molecule has 0 fully saturated rings. The molecule has 0 saturated carbocycles. The van der Waals surface area contributed by atoms with Gasteiger partial charge >= 0.3 is 0 Å². The molecular formula is C14H15FO2. The van der Waals surface area contributed by atoms with Crippen molar-refractivity contribution in [2.75, 3.05) is 0 Å². The maximum Gasteiger partial charge on any atom is 0.123 e. The highest BCUT2D eigenvalue weighted by Crippen LogP contribution is 2.27. The molecule has 2 aromatic rings. The summed E-state index contributed by atoms with van der Waals surface area (Å²) in [6.07, 6.45) is 3.38. The van der Waals surface area contributed by atoms with Gasteiger partial charge in [0.05, 0.1) is 18.1 Å². The van der Waals surface area contributed by atoms with Crippen LogP contribution in [0.2, 0.25) is 0 Å². The summed E-state index contributed by atoms with van der Waals surface area (Å²) in [7, 11) is 0. The van der Waals surface area contributed by atoms with Crippen LogP contribution in [0.15, 0.2) is 41.2 Å². The maximum absolute atomic E-state index is 13.2. The normalized spacial score (nSPS) is 14.6. The van der Waals surface area contributed by atoms with Gasteiger partial charge in [-0.2, -0.15) is 0 Å². The SMILES string of the molecule is Cc1ccc(F)cc1CC(C)(O)c1ccoc1. The van der Waals surface area contributed by atoms with Crippen LogP contribution in [0.1, 0.15) is 23.6 Å². The van der Waals surface area contributed by atoms with Gasteiger partial charge in [0.2, 0.25) is 0 Å². The van der Waals surface area contributed by atoms with E-state index in [1.54, 1.807) is 19.1 Å². The van der Waals surface area contributed by atoms with Crippen LogP contribution >= 0.6 is 0 Å². The second-order valence-electron chi connectivity index (χ2n) is 4.53. The Hall–Kier alpha value is -1.61. The lowest BCUT2D eigenvalue weighted by Crippen LogP contribution is -2.24. The zero-order valence-corrected chi connectivity index (χ0v) is 9.90. The molecule has 1 unspecified atom stereocenters. The molecule has 0 aliphatic rings. The molecule has 0 bridgehead atoms. The Morgan fingerprint density at radius 3 is 2.76 bits per heavy atom. The van der Waals surface area contributed by atoms with Crippen molar-refractivity contribution < 1.29 is 13.9 Å².